The van der Waals surface area contributed by atoms with Crippen molar-refractivity contribution in [2.24, 2.45) is 0 Å². The summed E-state index contributed by atoms with van der Waals surface area (Å²) in [6.07, 6.45) is 0. The first-order valence-electron chi connectivity index (χ1n) is 12.8. The van der Waals surface area contributed by atoms with Gasteiger partial charge in [0, 0.05) is 49.7 Å². The van der Waals surface area contributed by atoms with Gasteiger partial charge in [0.1, 0.15) is 22.3 Å². The summed E-state index contributed by atoms with van der Waals surface area (Å²) in [5, 5.41) is 3.40. The van der Waals surface area contributed by atoms with Crippen molar-refractivity contribution in [2.45, 2.75) is 19.6 Å². The average Bonchev–Trinajstić information content (AvgIpc) is 3.43. The minimum atomic E-state index is -0.255. The summed E-state index contributed by atoms with van der Waals surface area (Å²) in [4.78, 5) is 24.3. The number of aromatic nitrogens is 1. The van der Waals surface area contributed by atoms with E-state index in [0.717, 1.165) is 40.7 Å². The van der Waals surface area contributed by atoms with E-state index in [2.05, 4.69) is 9.80 Å². The summed E-state index contributed by atoms with van der Waals surface area (Å²) in [6, 6.07) is 22.3. The quantitative estimate of drug-likeness (QED) is 0.245. The Morgan fingerprint density at radius 1 is 0.949 bits per heavy atom. The van der Waals surface area contributed by atoms with Gasteiger partial charge in [-0.2, -0.15) is 0 Å². The summed E-state index contributed by atoms with van der Waals surface area (Å²) in [6.45, 7) is 4.57. The molecule has 0 unspecified atom stereocenters. The van der Waals surface area contributed by atoms with Crippen LogP contribution in [0.25, 0.3) is 0 Å². The van der Waals surface area contributed by atoms with Crippen molar-refractivity contribution in [3.8, 4) is 5.75 Å². The normalized spacial score (nSPS) is 13.6. The summed E-state index contributed by atoms with van der Waals surface area (Å²) >= 11 is 7.56. The molecule has 0 aliphatic carbocycles. The van der Waals surface area contributed by atoms with Crippen molar-refractivity contribution in [1.82, 2.24) is 14.8 Å². The molecule has 6 nitrogen and oxygen atoms in total. The molecule has 0 N–H and O–H groups in total. The highest BCUT2D eigenvalue weighted by Gasteiger charge is 2.25. The number of thiazole rings is 1. The van der Waals surface area contributed by atoms with Crippen LogP contribution in [0.1, 0.15) is 26.6 Å². The van der Waals surface area contributed by atoms with E-state index in [1.54, 1.807) is 19.2 Å². The van der Waals surface area contributed by atoms with Gasteiger partial charge >= 0.3 is 0 Å². The lowest BCUT2D eigenvalue weighted by Gasteiger charge is -2.36. The Morgan fingerprint density at radius 3 is 2.26 bits per heavy atom. The fourth-order valence-electron chi connectivity index (χ4n) is 4.74. The van der Waals surface area contributed by atoms with Gasteiger partial charge in [0.25, 0.3) is 5.91 Å². The standard InChI is InChI=1S/C30H30ClFN4O2S/c1-38-28-5-3-2-4-27(28)35-14-16-36(17-15-35)30(37)26-21-39-29(33-26)20-34(18-22-6-10-24(31)11-7-22)19-23-8-12-25(32)13-9-23/h2-13,21H,14-20H2,1H3. The predicted molar refractivity (Wildman–Crippen MR) is 154 cm³/mol. The van der Waals surface area contributed by atoms with Crippen LogP contribution in [0.15, 0.2) is 78.2 Å². The van der Waals surface area contributed by atoms with Crippen molar-refractivity contribution in [1.29, 1.82) is 0 Å². The van der Waals surface area contributed by atoms with Crippen molar-refractivity contribution < 1.29 is 13.9 Å². The van der Waals surface area contributed by atoms with E-state index < -0.39 is 0 Å². The zero-order chi connectivity index (χ0) is 27.2. The molecule has 1 aliphatic heterocycles. The number of amides is 1. The Kier molecular flexibility index (Phi) is 8.76. The van der Waals surface area contributed by atoms with E-state index in [9.17, 15) is 9.18 Å². The van der Waals surface area contributed by atoms with Gasteiger partial charge in [-0.05, 0) is 47.5 Å². The van der Waals surface area contributed by atoms with Crippen molar-refractivity contribution >= 4 is 34.5 Å². The molecule has 1 saturated heterocycles. The van der Waals surface area contributed by atoms with Crippen LogP contribution in [0.3, 0.4) is 0 Å². The number of nitrogens with zero attached hydrogens (tertiary/aromatic N) is 4. The minimum absolute atomic E-state index is 0.0417. The topological polar surface area (TPSA) is 48.9 Å². The Bertz CT molecular complexity index is 1340. The smallest absolute Gasteiger partial charge is 0.273 e. The molecular formula is C30H30ClFN4O2S. The van der Waals surface area contributed by atoms with Crippen LogP contribution in [0.2, 0.25) is 5.02 Å². The highest BCUT2D eigenvalue weighted by atomic mass is 35.5. The highest BCUT2D eigenvalue weighted by molar-refractivity contribution is 7.09. The highest BCUT2D eigenvalue weighted by Crippen LogP contribution is 2.28. The first-order valence-corrected chi connectivity index (χ1v) is 14.1. The molecule has 0 atom stereocenters. The number of hydrogen-bond acceptors (Lipinski definition) is 6. The molecule has 1 aromatic heterocycles. The van der Waals surface area contributed by atoms with Crippen LogP contribution in [-0.4, -0.2) is 54.0 Å². The van der Waals surface area contributed by atoms with E-state index in [1.807, 2.05) is 58.8 Å². The van der Waals surface area contributed by atoms with E-state index >= 15 is 0 Å². The van der Waals surface area contributed by atoms with E-state index in [4.69, 9.17) is 21.3 Å². The zero-order valence-corrected chi connectivity index (χ0v) is 23.3. The summed E-state index contributed by atoms with van der Waals surface area (Å²) in [7, 11) is 1.68. The molecule has 0 bridgehead atoms. The molecule has 3 aromatic carbocycles. The van der Waals surface area contributed by atoms with Gasteiger partial charge in [0.05, 0.1) is 19.3 Å². The van der Waals surface area contributed by atoms with Crippen LogP contribution in [0.5, 0.6) is 5.75 Å². The Balaban J connectivity index is 1.24. The van der Waals surface area contributed by atoms with Gasteiger partial charge in [-0.3, -0.25) is 9.69 Å². The van der Waals surface area contributed by atoms with Crippen LogP contribution in [-0.2, 0) is 19.6 Å². The summed E-state index contributed by atoms with van der Waals surface area (Å²) in [5.74, 6) is 0.542. The Morgan fingerprint density at radius 2 is 1.59 bits per heavy atom. The number of ether oxygens (including phenoxy) is 1. The predicted octanol–water partition coefficient (Wildman–Crippen LogP) is 6.11. The minimum Gasteiger partial charge on any atom is -0.495 e. The van der Waals surface area contributed by atoms with Crippen molar-refractivity contribution in [3.05, 3.63) is 111 Å². The van der Waals surface area contributed by atoms with Crippen molar-refractivity contribution in [2.75, 3.05) is 38.2 Å². The van der Waals surface area contributed by atoms with Crippen molar-refractivity contribution in [3.63, 3.8) is 0 Å². The van der Waals surface area contributed by atoms with E-state index in [1.165, 1.54) is 23.5 Å². The molecule has 9 heteroatoms. The molecule has 2 heterocycles. The van der Waals surface area contributed by atoms with Crippen LogP contribution >= 0.6 is 22.9 Å². The molecule has 5 rings (SSSR count). The van der Waals surface area contributed by atoms with Gasteiger partial charge in [0.2, 0.25) is 0 Å². The molecule has 0 radical (unpaired) electrons. The number of anilines is 1. The number of hydrogen-bond donors (Lipinski definition) is 0. The number of halogens is 2. The van der Waals surface area contributed by atoms with E-state index in [0.29, 0.717) is 43.4 Å². The number of carbonyl (C=O) groups is 1. The number of para-hydroxylation sites is 2. The lowest BCUT2D eigenvalue weighted by molar-refractivity contribution is 0.0741. The fourth-order valence-corrected chi connectivity index (χ4v) is 5.68. The van der Waals surface area contributed by atoms with Crippen LogP contribution in [0.4, 0.5) is 10.1 Å². The molecule has 1 fully saturated rings. The van der Waals surface area contributed by atoms with Gasteiger partial charge < -0.3 is 14.5 Å². The largest absolute Gasteiger partial charge is 0.495 e. The summed E-state index contributed by atoms with van der Waals surface area (Å²) < 4.78 is 19.0. The maximum atomic E-state index is 13.5. The van der Waals surface area contributed by atoms with Crippen LogP contribution < -0.4 is 9.64 Å². The van der Waals surface area contributed by atoms with Gasteiger partial charge in [-0.15, -0.1) is 11.3 Å². The van der Waals surface area contributed by atoms with Crippen LogP contribution in [0, 0.1) is 5.82 Å². The second-order valence-corrected chi connectivity index (χ2v) is 10.9. The van der Waals surface area contributed by atoms with Gasteiger partial charge in [-0.1, -0.05) is 48.0 Å². The Hall–Kier alpha value is -3.46. The third-order valence-corrected chi connectivity index (χ3v) is 7.85. The second-order valence-electron chi connectivity index (χ2n) is 9.48. The monoisotopic (exact) mass is 564 g/mol. The maximum Gasteiger partial charge on any atom is 0.273 e. The molecule has 1 amide bonds. The molecular weight excluding hydrogens is 535 g/mol. The fraction of sp³-hybridized carbons (Fsp3) is 0.267. The molecule has 0 saturated carbocycles. The summed E-state index contributed by atoms with van der Waals surface area (Å²) in [5.41, 5.74) is 3.65. The maximum absolute atomic E-state index is 13.5. The third-order valence-electron chi connectivity index (χ3n) is 6.76. The first-order chi connectivity index (χ1) is 19.0. The third kappa shape index (κ3) is 6.95. The average molecular weight is 565 g/mol. The molecule has 39 heavy (non-hydrogen) atoms. The molecule has 1 aliphatic rings. The number of carbonyl (C=O) groups excluding carboxylic acids is 1. The number of rotatable bonds is 9. The number of piperazine rings is 1. The molecule has 0 spiro atoms. The lowest BCUT2D eigenvalue weighted by atomic mass is 10.1. The van der Waals surface area contributed by atoms with Gasteiger partial charge in [0.15, 0.2) is 0 Å². The second kappa shape index (κ2) is 12.6. The lowest BCUT2D eigenvalue weighted by Crippen LogP contribution is -2.49. The SMILES string of the molecule is COc1ccccc1N1CCN(C(=O)c2csc(CN(Cc3ccc(F)cc3)Cc3ccc(Cl)cc3)n2)CC1. The van der Waals surface area contributed by atoms with E-state index in [-0.39, 0.29) is 11.7 Å². The number of benzene rings is 3. The molecule has 202 valence electrons. The number of methoxy groups -OCH3 is 1. The Labute approximate surface area is 237 Å². The first kappa shape index (κ1) is 27.1. The molecule has 4 aromatic rings. The van der Waals surface area contributed by atoms with Gasteiger partial charge in [-0.25, -0.2) is 9.37 Å². The zero-order valence-electron chi connectivity index (χ0n) is 21.7.